The van der Waals surface area contributed by atoms with E-state index in [1.54, 1.807) is 96.7 Å². The lowest BCUT2D eigenvalue weighted by Crippen LogP contribution is -1.83. The Kier molecular flexibility index (Phi) is 92.9. The van der Waals surface area contributed by atoms with Gasteiger partial charge in [-0.1, -0.05) is 130 Å². The molecule has 12 aromatic heterocycles. The van der Waals surface area contributed by atoms with Gasteiger partial charge in [0.05, 0.1) is 6.20 Å². The zero-order valence-corrected chi connectivity index (χ0v) is 63.6. The van der Waals surface area contributed by atoms with Crippen LogP contribution in [0.15, 0.2) is 109 Å². The molecule has 31 nitrogen and oxygen atoms in total. The van der Waals surface area contributed by atoms with Gasteiger partial charge >= 0.3 is 0 Å². The van der Waals surface area contributed by atoms with E-state index in [2.05, 4.69) is 137 Å². The molecule has 0 unspecified atom stereocenters. The quantitative estimate of drug-likeness (QED) is 0.0821. The summed E-state index contributed by atoms with van der Waals surface area (Å²) < 4.78 is 14.6. The summed E-state index contributed by atoms with van der Waals surface area (Å²) in [6.45, 7) is 58.5. The molecule has 0 aliphatic rings. The molecular formula is C61H121N29O2S. The van der Waals surface area contributed by atoms with Crippen molar-refractivity contribution in [2.75, 3.05) is 0 Å². The van der Waals surface area contributed by atoms with E-state index in [9.17, 15) is 0 Å². The summed E-state index contributed by atoms with van der Waals surface area (Å²) in [6, 6.07) is 5.72. The highest BCUT2D eigenvalue weighted by molar-refractivity contribution is 7.11. The van der Waals surface area contributed by atoms with Gasteiger partial charge in [-0.25, -0.2) is 19.9 Å². The molecule has 0 aliphatic carbocycles. The van der Waals surface area contributed by atoms with E-state index in [0.29, 0.717) is 23.5 Å². The average molecular weight is 1320 g/mol. The largest absolute Gasteiger partial charge is 0.426 e. The monoisotopic (exact) mass is 1320 g/mol. The molecule has 0 spiro atoms. The summed E-state index contributed by atoms with van der Waals surface area (Å²) in [5.74, 6) is 5.13. The first kappa shape index (κ1) is 102. The van der Waals surface area contributed by atoms with Crippen LogP contribution in [0.3, 0.4) is 0 Å². The number of hydrogen-bond donors (Lipinski definition) is 6. The summed E-state index contributed by atoms with van der Waals surface area (Å²) in [6.07, 6.45) is 21.6. The van der Waals surface area contributed by atoms with Crippen molar-refractivity contribution in [3.8, 4) is 0 Å². The van der Waals surface area contributed by atoms with Crippen molar-refractivity contribution in [1.29, 1.82) is 0 Å². The van der Waals surface area contributed by atoms with Gasteiger partial charge in [0, 0.05) is 84.3 Å². The lowest BCUT2D eigenvalue weighted by molar-refractivity contribution is 0.389. The number of hydrogen-bond acceptors (Lipinski definition) is 23. The highest BCUT2D eigenvalue weighted by Crippen LogP contribution is 2.04. The Morgan fingerprint density at radius 3 is 0.946 bits per heavy atom. The Morgan fingerprint density at radius 2 is 0.849 bits per heavy atom. The molecular weight excluding hydrogens is 1200 g/mol. The van der Waals surface area contributed by atoms with Crippen molar-refractivity contribution in [3.05, 3.63) is 168 Å². The van der Waals surface area contributed by atoms with E-state index >= 15 is 0 Å². The van der Waals surface area contributed by atoms with Crippen LogP contribution in [0.1, 0.15) is 193 Å². The van der Waals surface area contributed by atoms with Gasteiger partial charge in [-0.3, -0.25) is 40.0 Å². The molecule has 0 saturated heterocycles. The van der Waals surface area contributed by atoms with Gasteiger partial charge in [0.25, 0.3) is 0 Å². The molecule has 12 heterocycles. The van der Waals surface area contributed by atoms with Gasteiger partial charge in [-0.15, -0.1) is 41.9 Å². The van der Waals surface area contributed by atoms with Crippen LogP contribution in [-0.4, -0.2) is 146 Å². The number of aromatic amines is 6. The molecule has 12 rings (SSSR count). The zero-order chi connectivity index (χ0) is 73.5. The fourth-order valence-electron chi connectivity index (χ4n) is 3.82. The van der Waals surface area contributed by atoms with Gasteiger partial charge < -0.3 is 13.5 Å². The van der Waals surface area contributed by atoms with Crippen molar-refractivity contribution in [1.82, 2.24) is 146 Å². The van der Waals surface area contributed by atoms with Crippen molar-refractivity contribution in [2.24, 2.45) is 21.1 Å². The third-order valence-corrected chi connectivity index (χ3v) is 7.86. The third kappa shape index (κ3) is 82.4. The van der Waals surface area contributed by atoms with Gasteiger partial charge in [0.2, 0.25) is 17.7 Å². The predicted octanol–water partition coefficient (Wildman–Crippen LogP) is 14.3. The van der Waals surface area contributed by atoms with E-state index in [1.165, 1.54) is 30.9 Å². The highest BCUT2D eigenvalue weighted by Gasteiger charge is 1.91. The SMILES string of the molecule is CC.CC.CC.CC.CC.CC.CC.CC.CC.Cc1ccn[nH]1.Cc1ccn[nH]1.Cc1cn[nH]c1.Cc1ncn[nH]1.Cc1ncn[nH]1.Cc1ncn[nH]1.Cc1nnc(C)o1.Cc1nnc(C)s1.Cc1noc(C)n1.Cn1cccn1.Cn1cncn1.Cn1cnnc1. The number of rotatable bonds is 0. The van der Waals surface area contributed by atoms with E-state index < -0.39 is 0 Å². The maximum Gasteiger partial charge on any atom is 0.223 e. The molecule has 32 heteroatoms. The number of aryl methyl sites for hydroxylation is 15. The molecule has 0 aromatic carbocycles. The molecule has 0 aliphatic heterocycles. The average Bonchev–Trinajstić information content (AvgIpc) is 4.30. The van der Waals surface area contributed by atoms with Crippen LogP contribution in [0.2, 0.25) is 0 Å². The molecule has 0 atom stereocenters. The Labute approximate surface area is 560 Å². The normalized spacial score (nSPS) is 7.84. The summed E-state index contributed by atoms with van der Waals surface area (Å²) in [5, 5.41) is 72.9. The molecule has 0 fully saturated rings. The second-order valence-electron chi connectivity index (χ2n) is 14.4. The minimum Gasteiger partial charge on any atom is -0.426 e. The predicted molar refractivity (Wildman–Crippen MR) is 378 cm³/mol. The Hall–Kier alpha value is -9.62. The molecule has 528 valence electrons. The Morgan fingerprint density at radius 1 is 0.430 bits per heavy atom. The minimum absolute atomic E-state index is 0.623. The lowest BCUT2D eigenvalue weighted by Gasteiger charge is -1.77. The molecule has 12 aromatic rings. The second kappa shape index (κ2) is 84.4. The summed E-state index contributed by atoms with van der Waals surface area (Å²) in [4.78, 5) is 18.8. The Bertz CT molecular complexity index is 2330. The van der Waals surface area contributed by atoms with Crippen molar-refractivity contribution < 1.29 is 8.94 Å². The highest BCUT2D eigenvalue weighted by atomic mass is 32.1. The van der Waals surface area contributed by atoms with Crippen LogP contribution in [0.4, 0.5) is 0 Å². The molecule has 6 N–H and O–H groups in total. The Balaban J connectivity index is -0.000000116. The van der Waals surface area contributed by atoms with Crippen molar-refractivity contribution in [3.63, 3.8) is 0 Å². The summed E-state index contributed by atoms with van der Waals surface area (Å²) in [5.41, 5.74) is 3.39. The van der Waals surface area contributed by atoms with Gasteiger partial charge in [-0.05, 0) is 86.1 Å². The van der Waals surface area contributed by atoms with Crippen LogP contribution >= 0.6 is 11.3 Å². The third-order valence-electron chi connectivity index (χ3n) is 7.11. The van der Waals surface area contributed by atoms with Crippen molar-refractivity contribution >= 4 is 11.3 Å². The van der Waals surface area contributed by atoms with Crippen LogP contribution in [-0.2, 0) is 21.1 Å². The topological polar surface area (TPSA) is 394 Å². The first-order valence-corrected chi connectivity index (χ1v) is 31.9. The van der Waals surface area contributed by atoms with Crippen LogP contribution in [0.5, 0.6) is 0 Å². The van der Waals surface area contributed by atoms with Gasteiger partial charge in [-0.2, -0.15) is 45.8 Å². The number of nitrogens with one attached hydrogen (secondary N) is 6. The zero-order valence-electron chi connectivity index (χ0n) is 62.7. The smallest absolute Gasteiger partial charge is 0.223 e. The maximum atomic E-state index is 4.86. The van der Waals surface area contributed by atoms with Gasteiger partial charge in [0.1, 0.15) is 71.8 Å². The number of nitrogens with zero attached hydrogens (tertiary/aromatic N) is 23. The van der Waals surface area contributed by atoms with E-state index in [-0.39, 0.29) is 0 Å². The fourth-order valence-corrected chi connectivity index (χ4v) is 4.41. The number of H-pyrrole nitrogens is 6. The van der Waals surface area contributed by atoms with Crippen LogP contribution in [0.25, 0.3) is 0 Å². The maximum absolute atomic E-state index is 4.86. The number of aromatic nitrogens is 29. The van der Waals surface area contributed by atoms with Crippen LogP contribution in [0, 0.1) is 83.1 Å². The standard InChI is InChI=1S/2C4H6N2O.C4H6N2S.4C4H6N2.5C3H5N3.9C2H6/c1-3-5-6-4(2)7-3;1-3-5-4(2)7-6-3;1-3-5-6-4(2)7-3;1-4-2-5-6-3-4;1-6-4-2-3-5-6;2*1-4-2-3-5-6-4;1-6-2-4-5-3-6;1-6-3-4-2-5-6;3*1-3-4-2-5-6-3;9*1-2/h3*1-2H3;2-3H,1H3,(H,5,6);2-4H,1H3;2*2-3H,1H3,(H,5,6);2*2-3H,1H3;3*2H,1H3,(H,4,5,6);9*1-2H3. The lowest BCUT2D eigenvalue weighted by atomic mass is 10.4. The second-order valence-corrected chi connectivity index (χ2v) is 15.8. The molecule has 0 radical (unpaired) electrons. The van der Waals surface area contributed by atoms with Gasteiger partial charge in [0.15, 0.2) is 5.82 Å². The summed E-state index contributed by atoms with van der Waals surface area (Å²) in [7, 11) is 5.59. The minimum atomic E-state index is 0.623. The molecule has 0 amide bonds. The van der Waals surface area contributed by atoms with E-state index in [4.69, 9.17) is 4.42 Å². The van der Waals surface area contributed by atoms with E-state index in [0.717, 1.165) is 38.9 Å². The molecule has 0 bridgehead atoms. The molecule has 0 saturated carbocycles. The van der Waals surface area contributed by atoms with E-state index in [1.807, 2.05) is 232 Å². The van der Waals surface area contributed by atoms with Crippen LogP contribution < -0.4 is 0 Å². The van der Waals surface area contributed by atoms with Crippen molar-refractivity contribution in [2.45, 2.75) is 208 Å². The summed E-state index contributed by atoms with van der Waals surface area (Å²) >= 11 is 1.62. The molecule has 93 heavy (non-hydrogen) atoms. The first-order chi connectivity index (χ1) is 44.9. The fraction of sp³-hybridized carbons (Fsp3) is 0.541. The first-order valence-electron chi connectivity index (χ1n) is 31.1.